The van der Waals surface area contributed by atoms with Crippen molar-refractivity contribution >= 4 is 17.7 Å². The number of carbonyl (C=O) groups is 3. The van der Waals surface area contributed by atoms with Gasteiger partial charge in [0.1, 0.15) is 17.7 Å². The van der Waals surface area contributed by atoms with Crippen LogP contribution >= 0.6 is 0 Å². The third-order valence-corrected chi connectivity index (χ3v) is 5.82. The van der Waals surface area contributed by atoms with Gasteiger partial charge in [-0.25, -0.2) is 8.78 Å². The molecule has 33 heavy (non-hydrogen) atoms. The smallest absolute Gasteiger partial charge is 0.263 e. The van der Waals surface area contributed by atoms with Gasteiger partial charge in [0.15, 0.2) is 6.10 Å². The Morgan fingerprint density at radius 1 is 1.12 bits per heavy atom. The Balaban J connectivity index is 2.12. The van der Waals surface area contributed by atoms with E-state index in [1.807, 2.05) is 0 Å². The minimum atomic E-state index is -2.07. The zero-order valence-corrected chi connectivity index (χ0v) is 18.4. The van der Waals surface area contributed by atoms with Gasteiger partial charge < -0.3 is 15.7 Å². The Hall–Kier alpha value is -3.17. The number of halogens is 2. The number of carbonyl (C=O) groups excluding carboxylic acids is 3. The number of nitrogens with two attached hydrogens (primary N) is 1. The van der Waals surface area contributed by atoms with Crippen LogP contribution in [0.15, 0.2) is 48.5 Å². The van der Waals surface area contributed by atoms with E-state index in [1.165, 1.54) is 11.8 Å². The number of imide groups is 1. The molecule has 0 saturated carbocycles. The number of rotatable bonds is 5. The van der Waals surface area contributed by atoms with Gasteiger partial charge in [-0.3, -0.25) is 19.3 Å². The minimum absolute atomic E-state index is 0.370. The average molecular weight is 459 g/mol. The van der Waals surface area contributed by atoms with E-state index in [9.17, 15) is 28.3 Å². The Bertz CT molecular complexity index is 1010. The molecule has 1 aliphatic rings. The Labute approximate surface area is 190 Å². The number of benzene rings is 2. The number of hydrogen-bond donors (Lipinski definition) is 2. The van der Waals surface area contributed by atoms with Crippen molar-refractivity contribution in [1.29, 1.82) is 0 Å². The highest BCUT2D eigenvalue weighted by molar-refractivity contribution is 6.04. The van der Waals surface area contributed by atoms with E-state index in [-0.39, 0.29) is 5.56 Å². The lowest BCUT2D eigenvalue weighted by molar-refractivity contribution is -0.160. The lowest BCUT2D eigenvalue weighted by Crippen LogP contribution is -2.58. The molecule has 1 aliphatic heterocycles. The maximum Gasteiger partial charge on any atom is 0.263 e. The molecule has 9 heteroatoms. The molecule has 0 bridgehead atoms. The first-order chi connectivity index (χ1) is 15.6. The van der Waals surface area contributed by atoms with Gasteiger partial charge >= 0.3 is 0 Å². The molecule has 0 unspecified atom stereocenters. The third-order valence-electron chi connectivity index (χ3n) is 5.82. The van der Waals surface area contributed by atoms with E-state index < -0.39 is 53.5 Å². The van der Waals surface area contributed by atoms with E-state index in [4.69, 9.17) is 5.73 Å². The van der Waals surface area contributed by atoms with Crippen LogP contribution in [0.1, 0.15) is 42.9 Å². The van der Waals surface area contributed by atoms with Crippen molar-refractivity contribution < 1.29 is 28.3 Å². The molecule has 3 rings (SSSR count). The van der Waals surface area contributed by atoms with Crippen LogP contribution in [0.3, 0.4) is 0 Å². The van der Waals surface area contributed by atoms with Crippen molar-refractivity contribution in [2.45, 2.75) is 43.9 Å². The molecule has 3 N–H and O–H groups in total. The number of aliphatic hydroxyl groups is 1. The molecular formula is C24H27F2N3O4. The lowest BCUT2D eigenvalue weighted by Gasteiger charge is -2.36. The van der Waals surface area contributed by atoms with Crippen molar-refractivity contribution in [1.82, 2.24) is 9.80 Å². The number of hydrogen-bond acceptors (Lipinski definition) is 5. The van der Waals surface area contributed by atoms with Crippen molar-refractivity contribution in [2.75, 3.05) is 13.6 Å². The van der Waals surface area contributed by atoms with Gasteiger partial charge in [-0.2, -0.15) is 0 Å². The summed E-state index contributed by atoms with van der Waals surface area (Å²) < 4.78 is 27.4. The molecule has 0 aliphatic carbocycles. The first kappa shape index (κ1) is 24.5. The fraction of sp³-hybridized carbons (Fsp3) is 0.375. The highest BCUT2D eigenvalue weighted by atomic mass is 19.1. The van der Waals surface area contributed by atoms with Gasteiger partial charge in [-0.1, -0.05) is 30.3 Å². The van der Waals surface area contributed by atoms with Crippen LogP contribution in [-0.4, -0.2) is 58.3 Å². The van der Waals surface area contributed by atoms with E-state index in [0.29, 0.717) is 30.4 Å². The zero-order valence-electron chi connectivity index (χ0n) is 18.4. The molecule has 1 fully saturated rings. The van der Waals surface area contributed by atoms with Crippen molar-refractivity contribution in [3.05, 3.63) is 71.3 Å². The van der Waals surface area contributed by atoms with Gasteiger partial charge in [0, 0.05) is 25.6 Å². The molecule has 176 valence electrons. The number of likely N-dealkylation sites (tertiary alicyclic amines) is 1. The molecule has 3 amide bonds. The van der Waals surface area contributed by atoms with Crippen molar-refractivity contribution in [3.63, 3.8) is 0 Å². The monoisotopic (exact) mass is 459 g/mol. The molecule has 7 nitrogen and oxygen atoms in total. The fourth-order valence-electron chi connectivity index (χ4n) is 4.16. The van der Waals surface area contributed by atoms with Crippen LogP contribution in [0.5, 0.6) is 0 Å². The summed E-state index contributed by atoms with van der Waals surface area (Å²) in [7, 11) is 1.57. The van der Waals surface area contributed by atoms with Gasteiger partial charge in [0.25, 0.3) is 5.91 Å². The SMILES string of the molecule is C[C@H](N)C(=O)N(C(=O)[C@H](O)c1cc(F)cc(F)c1)[C@@H]1C(=O)N(C)CCC[C@@H]1c1ccccc1. The number of aliphatic hydroxyl groups excluding tert-OH is 1. The summed E-state index contributed by atoms with van der Waals surface area (Å²) in [4.78, 5) is 42.1. The van der Waals surface area contributed by atoms with Crippen LogP contribution in [0, 0.1) is 11.6 Å². The van der Waals surface area contributed by atoms with E-state index in [1.54, 1.807) is 37.4 Å². The first-order valence-corrected chi connectivity index (χ1v) is 10.7. The second-order valence-electron chi connectivity index (χ2n) is 8.30. The molecule has 2 aromatic carbocycles. The topological polar surface area (TPSA) is 104 Å². The Morgan fingerprint density at radius 3 is 2.30 bits per heavy atom. The third kappa shape index (κ3) is 5.26. The summed E-state index contributed by atoms with van der Waals surface area (Å²) in [5, 5.41) is 10.7. The summed E-state index contributed by atoms with van der Waals surface area (Å²) >= 11 is 0. The van der Waals surface area contributed by atoms with E-state index >= 15 is 0 Å². The molecule has 0 spiro atoms. The number of nitrogens with zero attached hydrogens (tertiary/aromatic N) is 2. The standard InChI is InChI=1S/C24H27F2N3O4/c1-14(27)22(31)29(24(33)21(30)16-11-17(25)13-18(26)12-16)20-19(15-7-4-3-5-8-15)9-6-10-28(2)23(20)32/h3-5,7-8,11-14,19-21,30H,6,9-10,27H2,1-2H3/t14-,19+,20-,21+/m0/s1. The predicted molar refractivity (Wildman–Crippen MR) is 117 cm³/mol. The molecule has 1 heterocycles. The van der Waals surface area contributed by atoms with Gasteiger partial charge in [-0.05, 0) is 43.0 Å². The second-order valence-corrected chi connectivity index (χ2v) is 8.30. The van der Waals surface area contributed by atoms with Crippen LogP contribution in [0.4, 0.5) is 8.78 Å². The van der Waals surface area contributed by atoms with Crippen LogP contribution in [0.25, 0.3) is 0 Å². The molecule has 4 atom stereocenters. The van der Waals surface area contributed by atoms with Crippen LogP contribution in [-0.2, 0) is 14.4 Å². The highest BCUT2D eigenvalue weighted by Crippen LogP contribution is 2.34. The summed E-state index contributed by atoms with van der Waals surface area (Å²) in [6.45, 7) is 1.78. The summed E-state index contributed by atoms with van der Waals surface area (Å²) in [5.74, 6) is -5.06. The first-order valence-electron chi connectivity index (χ1n) is 10.7. The zero-order chi connectivity index (χ0) is 24.3. The molecule has 0 aromatic heterocycles. The highest BCUT2D eigenvalue weighted by Gasteiger charge is 2.45. The molecular weight excluding hydrogens is 432 g/mol. The average Bonchev–Trinajstić information content (AvgIpc) is 2.92. The van der Waals surface area contributed by atoms with Gasteiger partial charge in [0.05, 0.1) is 6.04 Å². The second kappa shape index (κ2) is 10.2. The van der Waals surface area contributed by atoms with Crippen molar-refractivity contribution in [2.24, 2.45) is 5.73 Å². The minimum Gasteiger partial charge on any atom is -0.378 e. The summed E-state index contributed by atoms with van der Waals surface area (Å²) in [5.41, 5.74) is 6.18. The fourth-order valence-corrected chi connectivity index (χ4v) is 4.16. The quantitative estimate of drug-likeness (QED) is 0.713. The summed E-state index contributed by atoms with van der Waals surface area (Å²) in [6, 6.07) is 8.74. The Kier molecular flexibility index (Phi) is 7.55. The molecule has 1 saturated heterocycles. The van der Waals surface area contributed by atoms with Crippen molar-refractivity contribution in [3.8, 4) is 0 Å². The van der Waals surface area contributed by atoms with Crippen LogP contribution < -0.4 is 5.73 Å². The number of amides is 3. The van der Waals surface area contributed by atoms with E-state index in [0.717, 1.165) is 17.7 Å². The Morgan fingerprint density at radius 2 is 1.73 bits per heavy atom. The molecule has 2 aromatic rings. The summed E-state index contributed by atoms with van der Waals surface area (Å²) in [6.07, 6.45) is -0.953. The lowest BCUT2D eigenvalue weighted by atomic mass is 9.86. The maximum atomic E-state index is 13.7. The van der Waals surface area contributed by atoms with E-state index in [2.05, 4.69) is 0 Å². The van der Waals surface area contributed by atoms with Gasteiger partial charge in [-0.15, -0.1) is 0 Å². The predicted octanol–water partition coefficient (Wildman–Crippen LogP) is 2.11. The largest absolute Gasteiger partial charge is 0.378 e. The normalized spacial score (nSPS) is 20.7. The number of likely N-dealkylation sites (N-methyl/N-ethyl adjacent to an activating group) is 1. The van der Waals surface area contributed by atoms with Crippen LogP contribution in [0.2, 0.25) is 0 Å². The molecule has 0 radical (unpaired) electrons. The maximum absolute atomic E-state index is 13.7. The van der Waals surface area contributed by atoms with Gasteiger partial charge in [0.2, 0.25) is 11.8 Å².